The van der Waals surface area contributed by atoms with Crippen molar-refractivity contribution in [2.24, 2.45) is 5.92 Å². The maximum Gasteiger partial charge on any atom is 0.417 e. The van der Waals surface area contributed by atoms with Crippen molar-refractivity contribution in [3.63, 3.8) is 0 Å². The second-order valence-corrected chi connectivity index (χ2v) is 8.74. The first-order valence-electron chi connectivity index (χ1n) is 10.3. The molecule has 0 aliphatic carbocycles. The Labute approximate surface area is 182 Å². The number of rotatable bonds is 5. The fraction of sp³-hybridized carbons (Fsp3) is 0.417. The van der Waals surface area contributed by atoms with Crippen LogP contribution in [0, 0.1) is 12.8 Å². The van der Waals surface area contributed by atoms with Gasteiger partial charge in [0.05, 0.1) is 0 Å². The van der Waals surface area contributed by atoms with E-state index < -0.39 is 35.5 Å². The maximum absolute atomic E-state index is 13.1. The van der Waals surface area contributed by atoms with Crippen molar-refractivity contribution in [3.8, 4) is 0 Å². The average Bonchev–Trinajstić information content (AvgIpc) is 3.02. The number of aryl methyl sites for hydroxylation is 1. The SMILES string of the molecule is Cc1cc(C[C@H]2C[C@H](C(=O)OCc3ccccc3)N(C(=O)OC(C)(C)C)C2=O)ccn1. The Bertz CT molecular complexity index is 952. The molecule has 1 aliphatic rings. The van der Waals surface area contributed by atoms with Crippen molar-refractivity contribution in [1.29, 1.82) is 0 Å². The van der Waals surface area contributed by atoms with Crippen molar-refractivity contribution in [3.05, 3.63) is 65.5 Å². The molecule has 0 bridgehead atoms. The fourth-order valence-corrected chi connectivity index (χ4v) is 3.57. The highest BCUT2D eigenvalue weighted by atomic mass is 16.6. The zero-order chi connectivity index (χ0) is 22.6. The molecule has 2 amide bonds. The zero-order valence-electron chi connectivity index (χ0n) is 18.3. The summed E-state index contributed by atoms with van der Waals surface area (Å²) >= 11 is 0. The van der Waals surface area contributed by atoms with Gasteiger partial charge in [-0.05, 0) is 63.8 Å². The largest absolute Gasteiger partial charge is 0.459 e. The van der Waals surface area contributed by atoms with E-state index in [2.05, 4.69) is 4.98 Å². The van der Waals surface area contributed by atoms with Gasteiger partial charge in [-0.3, -0.25) is 9.78 Å². The molecule has 0 radical (unpaired) electrons. The quantitative estimate of drug-likeness (QED) is 0.678. The summed E-state index contributed by atoms with van der Waals surface area (Å²) in [6.45, 7) is 7.08. The minimum absolute atomic E-state index is 0.0702. The minimum atomic E-state index is -1.01. The number of esters is 1. The number of nitrogens with zero attached hydrogens (tertiary/aromatic N) is 2. The maximum atomic E-state index is 13.1. The number of amides is 2. The van der Waals surface area contributed by atoms with E-state index >= 15 is 0 Å². The monoisotopic (exact) mass is 424 g/mol. The molecule has 7 heteroatoms. The Kier molecular flexibility index (Phi) is 6.73. The van der Waals surface area contributed by atoms with E-state index in [9.17, 15) is 14.4 Å². The molecule has 1 fully saturated rings. The highest BCUT2D eigenvalue weighted by Crippen LogP contribution is 2.30. The predicted molar refractivity (Wildman–Crippen MR) is 114 cm³/mol. The number of carbonyl (C=O) groups excluding carboxylic acids is 3. The molecule has 0 unspecified atom stereocenters. The van der Waals surface area contributed by atoms with Crippen LogP contribution in [-0.2, 0) is 32.1 Å². The van der Waals surface area contributed by atoms with Crippen LogP contribution in [0.1, 0.15) is 44.0 Å². The Morgan fingerprint density at radius 2 is 1.84 bits per heavy atom. The lowest BCUT2D eigenvalue weighted by Crippen LogP contribution is -2.46. The molecule has 164 valence electrons. The minimum Gasteiger partial charge on any atom is -0.459 e. The van der Waals surface area contributed by atoms with Crippen LogP contribution in [0.5, 0.6) is 0 Å². The lowest BCUT2D eigenvalue weighted by molar-refractivity contribution is -0.152. The lowest BCUT2D eigenvalue weighted by Gasteiger charge is -2.26. The summed E-state index contributed by atoms with van der Waals surface area (Å²) in [6, 6.07) is 12.0. The molecule has 0 saturated carbocycles. The number of likely N-dealkylation sites (tertiary alicyclic amines) is 1. The van der Waals surface area contributed by atoms with Crippen LogP contribution in [0.15, 0.2) is 48.7 Å². The molecule has 1 aromatic carbocycles. The van der Waals surface area contributed by atoms with Crippen molar-refractivity contribution < 1.29 is 23.9 Å². The molecular formula is C24H28N2O5. The normalized spacial score (nSPS) is 18.7. The third kappa shape index (κ3) is 5.90. The predicted octanol–water partition coefficient (Wildman–Crippen LogP) is 3.83. The molecular weight excluding hydrogens is 396 g/mol. The highest BCUT2D eigenvalue weighted by Gasteiger charge is 2.48. The standard InChI is InChI=1S/C24H28N2O5/c1-16-12-18(10-11-25-16)13-19-14-20(22(28)30-15-17-8-6-5-7-9-17)26(21(19)27)23(29)31-24(2,3)4/h5-12,19-20H,13-15H2,1-4H3/t19-,20+/m0/s1. The molecule has 3 rings (SSSR count). The Balaban J connectivity index is 1.78. The topological polar surface area (TPSA) is 85.8 Å². The van der Waals surface area contributed by atoms with Crippen molar-refractivity contribution in [2.75, 3.05) is 0 Å². The lowest BCUT2D eigenvalue weighted by atomic mass is 9.96. The van der Waals surface area contributed by atoms with Gasteiger partial charge in [-0.15, -0.1) is 0 Å². The van der Waals surface area contributed by atoms with Crippen molar-refractivity contribution in [2.45, 2.75) is 58.8 Å². The molecule has 0 N–H and O–H groups in total. The third-order valence-corrected chi connectivity index (χ3v) is 4.94. The van der Waals surface area contributed by atoms with Gasteiger partial charge < -0.3 is 9.47 Å². The number of hydrogen-bond donors (Lipinski definition) is 0. The van der Waals surface area contributed by atoms with Crippen LogP contribution in [0.3, 0.4) is 0 Å². The van der Waals surface area contributed by atoms with Gasteiger partial charge >= 0.3 is 12.1 Å². The molecule has 1 aromatic heterocycles. The summed E-state index contributed by atoms with van der Waals surface area (Å²) < 4.78 is 10.8. The molecule has 2 atom stereocenters. The molecule has 1 aliphatic heterocycles. The van der Waals surface area contributed by atoms with Gasteiger partial charge in [-0.25, -0.2) is 14.5 Å². The van der Waals surface area contributed by atoms with Crippen LogP contribution in [0.2, 0.25) is 0 Å². The summed E-state index contributed by atoms with van der Waals surface area (Å²) in [5.74, 6) is -1.56. The number of imide groups is 1. The number of aromatic nitrogens is 1. The average molecular weight is 424 g/mol. The number of hydrogen-bond acceptors (Lipinski definition) is 6. The molecule has 2 heterocycles. The highest BCUT2D eigenvalue weighted by molar-refractivity contribution is 6.00. The van der Waals surface area contributed by atoms with Gasteiger partial charge in [0.15, 0.2) is 0 Å². The van der Waals surface area contributed by atoms with Gasteiger partial charge in [-0.2, -0.15) is 0 Å². The molecule has 0 spiro atoms. The van der Waals surface area contributed by atoms with E-state index in [-0.39, 0.29) is 13.0 Å². The summed E-state index contributed by atoms with van der Waals surface area (Å²) in [4.78, 5) is 43.9. The number of pyridine rings is 1. The van der Waals surface area contributed by atoms with E-state index in [0.29, 0.717) is 6.42 Å². The van der Waals surface area contributed by atoms with E-state index in [1.807, 2.05) is 49.4 Å². The van der Waals surface area contributed by atoms with Crippen LogP contribution in [-0.4, -0.2) is 39.5 Å². The van der Waals surface area contributed by atoms with E-state index in [4.69, 9.17) is 9.47 Å². The Hall–Kier alpha value is -3.22. The van der Waals surface area contributed by atoms with Crippen molar-refractivity contribution >= 4 is 18.0 Å². The number of benzene rings is 1. The van der Waals surface area contributed by atoms with E-state index in [0.717, 1.165) is 21.7 Å². The Morgan fingerprint density at radius 3 is 2.48 bits per heavy atom. The molecule has 1 saturated heterocycles. The van der Waals surface area contributed by atoms with Gasteiger partial charge in [0.25, 0.3) is 0 Å². The Morgan fingerprint density at radius 1 is 1.13 bits per heavy atom. The molecule has 7 nitrogen and oxygen atoms in total. The van der Waals surface area contributed by atoms with Gasteiger partial charge in [0.2, 0.25) is 5.91 Å². The number of ether oxygens (including phenoxy) is 2. The smallest absolute Gasteiger partial charge is 0.417 e. The van der Waals surface area contributed by atoms with Crippen LogP contribution in [0.4, 0.5) is 4.79 Å². The molecule has 31 heavy (non-hydrogen) atoms. The summed E-state index contributed by atoms with van der Waals surface area (Å²) in [7, 11) is 0. The zero-order valence-corrected chi connectivity index (χ0v) is 18.3. The first-order chi connectivity index (χ1) is 14.6. The van der Waals surface area contributed by atoms with E-state index in [1.54, 1.807) is 27.0 Å². The van der Waals surface area contributed by atoms with Gasteiger partial charge in [0, 0.05) is 17.8 Å². The summed E-state index contributed by atoms with van der Waals surface area (Å²) in [6.07, 6.45) is 1.45. The second-order valence-electron chi connectivity index (χ2n) is 8.74. The van der Waals surface area contributed by atoms with E-state index in [1.165, 1.54) is 0 Å². The van der Waals surface area contributed by atoms with Crippen LogP contribution in [0.25, 0.3) is 0 Å². The first kappa shape index (κ1) is 22.5. The molecule has 2 aromatic rings. The first-order valence-corrected chi connectivity index (χ1v) is 10.3. The van der Waals surface area contributed by atoms with Crippen molar-refractivity contribution in [1.82, 2.24) is 9.88 Å². The van der Waals surface area contributed by atoms with Gasteiger partial charge in [-0.1, -0.05) is 30.3 Å². The third-order valence-electron chi connectivity index (χ3n) is 4.94. The van der Waals surface area contributed by atoms with Gasteiger partial charge in [0.1, 0.15) is 18.2 Å². The fourth-order valence-electron chi connectivity index (χ4n) is 3.57. The van der Waals surface area contributed by atoms with Crippen LogP contribution >= 0.6 is 0 Å². The summed E-state index contributed by atoms with van der Waals surface area (Å²) in [5.41, 5.74) is 1.79. The number of carbonyl (C=O) groups is 3. The summed E-state index contributed by atoms with van der Waals surface area (Å²) in [5, 5.41) is 0. The van der Waals surface area contributed by atoms with Crippen LogP contribution < -0.4 is 0 Å². The second kappa shape index (κ2) is 9.29.